The zero-order valence-corrected chi connectivity index (χ0v) is 15.6. The Morgan fingerprint density at radius 2 is 1.85 bits per heavy atom. The van der Waals surface area contributed by atoms with Crippen molar-refractivity contribution in [2.24, 2.45) is 0 Å². The molecule has 3 rings (SSSR count). The molecule has 1 saturated heterocycles. The molecule has 1 aromatic carbocycles. The maximum absolute atomic E-state index is 12.5. The van der Waals surface area contributed by atoms with Gasteiger partial charge in [0.1, 0.15) is 0 Å². The van der Waals surface area contributed by atoms with Gasteiger partial charge < -0.3 is 4.90 Å². The largest absolute Gasteiger partial charge is 0.371 e. The summed E-state index contributed by atoms with van der Waals surface area (Å²) in [7, 11) is 1.98. The molecule has 2 aromatic rings. The highest BCUT2D eigenvalue weighted by Gasteiger charge is 2.21. The molecule has 2 heterocycles. The van der Waals surface area contributed by atoms with E-state index in [0.29, 0.717) is 5.95 Å². The van der Waals surface area contributed by atoms with E-state index in [4.69, 9.17) is 0 Å². The lowest BCUT2D eigenvalue weighted by Gasteiger charge is -2.32. The summed E-state index contributed by atoms with van der Waals surface area (Å²) < 4.78 is 0. The van der Waals surface area contributed by atoms with E-state index < -0.39 is 0 Å². The SMILES string of the molecule is CC(C(=O)Nc1ncccn1)N(C)Cc1ccccc1N1CCCCC1. The molecule has 6 heteroatoms. The molecule has 1 atom stereocenters. The Kier molecular flexibility index (Phi) is 6.17. The van der Waals surface area contributed by atoms with Gasteiger partial charge in [-0.25, -0.2) is 9.97 Å². The minimum absolute atomic E-state index is 0.103. The third-order valence-corrected chi connectivity index (χ3v) is 4.95. The molecule has 0 spiro atoms. The van der Waals surface area contributed by atoms with Crippen LogP contribution in [-0.4, -0.2) is 47.0 Å². The average molecular weight is 353 g/mol. The summed E-state index contributed by atoms with van der Waals surface area (Å²) >= 11 is 0. The molecule has 0 radical (unpaired) electrons. The van der Waals surface area contributed by atoms with E-state index in [1.807, 2.05) is 14.0 Å². The Hall–Kier alpha value is -2.47. The Morgan fingerprint density at radius 3 is 2.58 bits per heavy atom. The first-order chi connectivity index (χ1) is 12.6. The van der Waals surface area contributed by atoms with Crippen LogP contribution >= 0.6 is 0 Å². The Balaban J connectivity index is 1.65. The van der Waals surface area contributed by atoms with Gasteiger partial charge >= 0.3 is 0 Å². The van der Waals surface area contributed by atoms with Gasteiger partial charge in [-0.2, -0.15) is 0 Å². The molecule has 0 saturated carbocycles. The van der Waals surface area contributed by atoms with Crippen LogP contribution in [0.3, 0.4) is 0 Å². The van der Waals surface area contributed by atoms with E-state index in [-0.39, 0.29) is 11.9 Å². The van der Waals surface area contributed by atoms with E-state index in [9.17, 15) is 4.79 Å². The minimum Gasteiger partial charge on any atom is -0.371 e. The molecule has 1 fully saturated rings. The molecule has 1 amide bonds. The van der Waals surface area contributed by atoms with E-state index in [2.05, 4.69) is 49.4 Å². The summed E-state index contributed by atoms with van der Waals surface area (Å²) in [5, 5.41) is 2.77. The summed E-state index contributed by atoms with van der Waals surface area (Å²) in [6.45, 7) is 4.85. The predicted octanol–water partition coefficient (Wildman–Crippen LogP) is 2.93. The highest BCUT2D eigenvalue weighted by atomic mass is 16.2. The van der Waals surface area contributed by atoms with Crippen LogP contribution in [0.2, 0.25) is 0 Å². The van der Waals surface area contributed by atoms with Crippen LogP contribution in [0.15, 0.2) is 42.7 Å². The number of carbonyl (C=O) groups is 1. The van der Waals surface area contributed by atoms with Gasteiger partial charge in [0.05, 0.1) is 6.04 Å². The standard InChI is InChI=1S/C20H27N5O/c1-16(19(26)23-20-21-11-8-12-22-20)24(2)15-17-9-4-5-10-18(17)25-13-6-3-7-14-25/h4-5,8-12,16H,3,6-7,13-15H2,1-2H3,(H,21,22,23,26). The van der Waals surface area contributed by atoms with Gasteiger partial charge in [-0.15, -0.1) is 0 Å². The minimum atomic E-state index is -0.284. The van der Waals surface area contributed by atoms with E-state index in [1.165, 1.54) is 30.5 Å². The second kappa shape index (κ2) is 8.76. The smallest absolute Gasteiger partial charge is 0.243 e. The lowest BCUT2D eigenvalue weighted by atomic mass is 10.1. The zero-order valence-electron chi connectivity index (χ0n) is 15.6. The zero-order chi connectivity index (χ0) is 18.4. The van der Waals surface area contributed by atoms with Gasteiger partial charge in [0.25, 0.3) is 0 Å². The summed E-state index contributed by atoms with van der Waals surface area (Å²) in [5.74, 6) is 0.237. The summed E-state index contributed by atoms with van der Waals surface area (Å²) in [4.78, 5) is 25.1. The van der Waals surface area contributed by atoms with Gasteiger partial charge in [-0.05, 0) is 50.9 Å². The van der Waals surface area contributed by atoms with Crippen molar-refractivity contribution >= 4 is 17.5 Å². The summed E-state index contributed by atoms with van der Waals surface area (Å²) in [5.41, 5.74) is 2.55. The van der Waals surface area contributed by atoms with Crippen LogP contribution in [0, 0.1) is 0 Å². The molecule has 1 aliphatic heterocycles. The van der Waals surface area contributed by atoms with Crippen molar-refractivity contribution in [2.75, 3.05) is 30.4 Å². The third kappa shape index (κ3) is 4.58. The first-order valence-electron chi connectivity index (χ1n) is 9.26. The van der Waals surface area contributed by atoms with Crippen LogP contribution < -0.4 is 10.2 Å². The Morgan fingerprint density at radius 1 is 1.15 bits per heavy atom. The highest BCUT2D eigenvalue weighted by molar-refractivity contribution is 5.93. The lowest BCUT2D eigenvalue weighted by Crippen LogP contribution is -2.40. The maximum Gasteiger partial charge on any atom is 0.243 e. The summed E-state index contributed by atoms with van der Waals surface area (Å²) in [6.07, 6.45) is 7.05. The number of piperidine rings is 1. The second-order valence-corrected chi connectivity index (χ2v) is 6.83. The normalized spacial score (nSPS) is 15.7. The molecule has 138 valence electrons. The number of hydrogen-bond acceptors (Lipinski definition) is 5. The molecule has 1 aromatic heterocycles. The average Bonchev–Trinajstić information content (AvgIpc) is 2.69. The van der Waals surface area contributed by atoms with Crippen molar-refractivity contribution < 1.29 is 4.79 Å². The van der Waals surface area contributed by atoms with Crippen LogP contribution in [0.4, 0.5) is 11.6 Å². The highest BCUT2D eigenvalue weighted by Crippen LogP contribution is 2.25. The van der Waals surface area contributed by atoms with Crippen molar-refractivity contribution in [1.29, 1.82) is 0 Å². The van der Waals surface area contributed by atoms with E-state index in [0.717, 1.165) is 19.6 Å². The molecule has 0 bridgehead atoms. The van der Waals surface area contributed by atoms with Crippen LogP contribution in [-0.2, 0) is 11.3 Å². The lowest BCUT2D eigenvalue weighted by molar-refractivity contribution is -0.120. The number of anilines is 2. The fourth-order valence-electron chi connectivity index (χ4n) is 3.27. The number of benzene rings is 1. The molecule has 1 aliphatic rings. The number of hydrogen-bond donors (Lipinski definition) is 1. The molecule has 26 heavy (non-hydrogen) atoms. The fraction of sp³-hybridized carbons (Fsp3) is 0.450. The molecular formula is C20H27N5O. The Bertz CT molecular complexity index is 715. The molecule has 1 unspecified atom stereocenters. The number of rotatable bonds is 6. The van der Waals surface area contributed by atoms with Crippen molar-refractivity contribution in [1.82, 2.24) is 14.9 Å². The quantitative estimate of drug-likeness (QED) is 0.865. The summed E-state index contributed by atoms with van der Waals surface area (Å²) in [6, 6.07) is 9.95. The topological polar surface area (TPSA) is 61.4 Å². The monoisotopic (exact) mass is 353 g/mol. The van der Waals surface area contributed by atoms with Crippen molar-refractivity contribution in [3.63, 3.8) is 0 Å². The van der Waals surface area contributed by atoms with Gasteiger partial charge in [-0.1, -0.05) is 18.2 Å². The number of nitrogens with one attached hydrogen (secondary N) is 1. The van der Waals surface area contributed by atoms with E-state index in [1.54, 1.807) is 18.5 Å². The molecule has 1 N–H and O–H groups in total. The van der Waals surface area contributed by atoms with Crippen LogP contribution in [0.5, 0.6) is 0 Å². The number of para-hydroxylation sites is 1. The van der Waals surface area contributed by atoms with Crippen LogP contribution in [0.25, 0.3) is 0 Å². The first-order valence-corrected chi connectivity index (χ1v) is 9.26. The van der Waals surface area contributed by atoms with Gasteiger partial charge in [0.2, 0.25) is 11.9 Å². The van der Waals surface area contributed by atoms with Crippen molar-refractivity contribution in [3.8, 4) is 0 Å². The van der Waals surface area contributed by atoms with Crippen molar-refractivity contribution in [2.45, 2.75) is 38.8 Å². The fourth-order valence-corrected chi connectivity index (χ4v) is 3.27. The number of nitrogens with zero attached hydrogens (tertiary/aromatic N) is 4. The number of carbonyl (C=O) groups excluding carboxylic acids is 1. The van der Waals surface area contributed by atoms with E-state index >= 15 is 0 Å². The number of likely N-dealkylation sites (N-methyl/N-ethyl adjacent to an activating group) is 1. The van der Waals surface area contributed by atoms with Gasteiger partial charge in [-0.3, -0.25) is 15.0 Å². The predicted molar refractivity (Wildman–Crippen MR) is 104 cm³/mol. The molecule has 0 aliphatic carbocycles. The maximum atomic E-state index is 12.5. The number of aromatic nitrogens is 2. The molecule has 6 nitrogen and oxygen atoms in total. The first kappa shape index (κ1) is 18.3. The van der Waals surface area contributed by atoms with Gasteiger partial charge in [0.15, 0.2) is 0 Å². The van der Waals surface area contributed by atoms with Crippen molar-refractivity contribution in [3.05, 3.63) is 48.3 Å². The Labute approximate surface area is 155 Å². The third-order valence-electron chi connectivity index (χ3n) is 4.95. The van der Waals surface area contributed by atoms with Crippen LogP contribution in [0.1, 0.15) is 31.7 Å². The molecular weight excluding hydrogens is 326 g/mol. The van der Waals surface area contributed by atoms with Gasteiger partial charge in [0, 0.05) is 37.7 Å². The number of amides is 1. The second-order valence-electron chi connectivity index (χ2n) is 6.83.